The fourth-order valence-corrected chi connectivity index (χ4v) is 4.69. The summed E-state index contributed by atoms with van der Waals surface area (Å²) >= 11 is 0. The van der Waals surface area contributed by atoms with E-state index >= 15 is 0 Å². The zero-order valence-electron chi connectivity index (χ0n) is 13.4. The Morgan fingerprint density at radius 1 is 0.955 bits per heavy atom. The van der Waals surface area contributed by atoms with Crippen molar-refractivity contribution in [2.24, 2.45) is 0 Å². The Labute approximate surface area is 134 Å². The maximum Gasteiger partial charge on any atom is 0.0174 e. The summed E-state index contributed by atoms with van der Waals surface area (Å²) in [7, 11) is 0. The van der Waals surface area contributed by atoms with Crippen molar-refractivity contribution in [1.29, 1.82) is 0 Å². The van der Waals surface area contributed by atoms with E-state index in [1.165, 1.54) is 37.9 Å². The first-order chi connectivity index (χ1) is 10.9. The van der Waals surface area contributed by atoms with Crippen molar-refractivity contribution in [3.63, 3.8) is 0 Å². The second-order valence-electron chi connectivity index (χ2n) is 6.83. The van der Waals surface area contributed by atoms with Gasteiger partial charge in [0.15, 0.2) is 0 Å². The Bertz CT molecular complexity index is 633. The van der Waals surface area contributed by atoms with E-state index in [9.17, 15) is 0 Å². The van der Waals surface area contributed by atoms with Crippen LogP contribution in [0.3, 0.4) is 0 Å². The lowest BCUT2D eigenvalue weighted by atomic mass is 9.71. The third-order valence-electron chi connectivity index (χ3n) is 5.62. The molecule has 0 unspecified atom stereocenters. The van der Waals surface area contributed by atoms with Gasteiger partial charge < -0.3 is 0 Å². The van der Waals surface area contributed by atoms with Crippen molar-refractivity contribution >= 4 is 0 Å². The quantitative estimate of drug-likeness (QED) is 0.786. The normalized spacial score (nSPS) is 27.4. The standard InChI is InChI=1S/C21H25N/c1-2-13-22-14-12-19-17-10-6-7-11-18(17)20(15-21(19)22)16-8-4-3-5-9-16/h3-11,19-21H,2,12-15H2,1H3/t19-,20-,21-/m0/s1. The molecule has 0 aromatic heterocycles. The van der Waals surface area contributed by atoms with Crippen LogP contribution >= 0.6 is 0 Å². The molecule has 0 spiro atoms. The summed E-state index contributed by atoms with van der Waals surface area (Å²) in [4.78, 5) is 2.75. The van der Waals surface area contributed by atoms with Gasteiger partial charge in [0.25, 0.3) is 0 Å². The first-order valence-corrected chi connectivity index (χ1v) is 8.76. The SMILES string of the molecule is CCCN1CC[C@H]2c3ccccc3[C@H](c3ccccc3)C[C@@H]21. The molecule has 22 heavy (non-hydrogen) atoms. The number of benzene rings is 2. The summed E-state index contributed by atoms with van der Waals surface area (Å²) in [6.07, 6.45) is 3.88. The molecule has 0 radical (unpaired) electrons. The number of hydrogen-bond donors (Lipinski definition) is 0. The van der Waals surface area contributed by atoms with Crippen LogP contribution in [-0.2, 0) is 0 Å². The van der Waals surface area contributed by atoms with Gasteiger partial charge in [-0.1, -0.05) is 61.5 Å². The van der Waals surface area contributed by atoms with Crippen LogP contribution < -0.4 is 0 Å². The van der Waals surface area contributed by atoms with Gasteiger partial charge >= 0.3 is 0 Å². The number of nitrogens with zero attached hydrogens (tertiary/aromatic N) is 1. The van der Waals surface area contributed by atoms with E-state index in [4.69, 9.17) is 0 Å². The van der Waals surface area contributed by atoms with E-state index in [-0.39, 0.29) is 0 Å². The van der Waals surface area contributed by atoms with Crippen molar-refractivity contribution in [3.05, 3.63) is 71.3 Å². The summed E-state index contributed by atoms with van der Waals surface area (Å²) in [5.74, 6) is 1.32. The number of hydrogen-bond acceptors (Lipinski definition) is 1. The Morgan fingerprint density at radius 3 is 2.45 bits per heavy atom. The smallest absolute Gasteiger partial charge is 0.0174 e. The third kappa shape index (κ3) is 2.28. The number of likely N-dealkylation sites (tertiary alicyclic amines) is 1. The van der Waals surface area contributed by atoms with Gasteiger partial charge in [0.05, 0.1) is 0 Å². The lowest BCUT2D eigenvalue weighted by Gasteiger charge is -2.38. The predicted octanol–water partition coefficient (Wildman–Crippen LogP) is 4.79. The minimum absolute atomic E-state index is 0.566. The zero-order chi connectivity index (χ0) is 14.9. The van der Waals surface area contributed by atoms with E-state index in [0.29, 0.717) is 5.92 Å². The molecule has 0 N–H and O–H groups in total. The molecule has 2 aromatic carbocycles. The molecule has 1 nitrogen and oxygen atoms in total. The first kappa shape index (κ1) is 14.0. The molecule has 1 aliphatic carbocycles. The van der Waals surface area contributed by atoms with E-state index in [0.717, 1.165) is 12.0 Å². The lowest BCUT2D eigenvalue weighted by Crippen LogP contribution is -2.37. The molecule has 3 atom stereocenters. The monoisotopic (exact) mass is 291 g/mol. The topological polar surface area (TPSA) is 3.24 Å². The Balaban J connectivity index is 1.76. The zero-order valence-corrected chi connectivity index (χ0v) is 13.4. The molecule has 0 saturated carbocycles. The van der Waals surface area contributed by atoms with Crippen LogP contribution in [-0.4, -0.2) is 24.0 Å². The van der Waals surface area contributed by atoms with E-state index in [1.54, 1.807) is 11.1 Å². The second kappa shape index (κ2) is 5.89. The fourth-order valence-electron chi connectivity index (χ4n) is 4.69. The average molecular weight is 291 g/mol. The van der Waals surface area contributed by atoms with Gasteiger partial charge in [0.2, 0.25) is 0 Å². The summed E-state index contributed by atoms with van der Waals surface area (Å²) in [5, 5.41) is 0. The third-order valence-corrected chi connectivity index (χ3v) is 5.62. The van der Waals surface area contributed by atoms with Crippen LogP contribution in [0, 0.1) is 0 Å². The predicted molar refractivity (Wildman–Crippen MR) is 92.4 cm³/mol. The highest BCUT2D eigenvalue weighted by atomic mass is 15.2. The Morgan fingerprint density at radius 2 is 1.68 bits per heavy atom. The molecule has 1 heterocycles. The summed E-state index contributed by atoms with van der Waals surface area (Å²) in [5.41, 5.74) is 4.68. The van der Waals surface area contributed by atoms with E-state index in [1.807, 2.05) is 0 Å². The van der Waals surface area contributed by atoms with Gasteiger partial charge in [-0.05, 0) is 49.0 Å². The van der Waals surface area contributed by atoms with Gasteiger partial charge in [-0.15, -0.1) is 0 Å². The molecular weight excluding hydrogens is 266 g/mol. The molecule has 1 fully saturated rings. The van der Waals surface area contributed by atoms with Crippen molar-refractivity contribution < 1.29 is 0 Å². The molecular formula is C21H25N. The molecule has 2 aliphatic rings. The van der Waals surface area contributed by atoms with Crippen LogP contribution in [0.25, 0.3) is 0 Å². The van der Waals surface area contributed by atoms with Gasteiger partial charge in [-0.25, -0.2) is 0 Å². The van der Waals surface area contributed by atoms with Crippen LogP contribution in [0.1, 0.15) is 54.7 Å². The number of fused-ring (bicyclic) bond motifs is 3. The van der Waals surface area contributed by atoms with Crippen LogP contribution in [0.5, 0.6) is 0 Å². The molecule has 4 rings (SSSR count). The summed E-state index contributed by atoms with van der Waals surface area (Å²) in [6.45, 7) is 4.84. The minimum Gasteiger partial charge on any atom is -0.300 e. The maximum atomic E-state index is 2.75. The Hall–Kier alpha value is -1.60. The molecule has 1 aliphatic heterocycles. The first-order valence-electron chi connectivity index (χ1n) is 8.76. The molecule has 0 bridgehead atoms. The largest absolute Gasteiger partial charge is 0.300 e. The van der Waals surface area contributed by atoms with Crippen molar-refractivity contribution in [2.45, 2.75) is 44.1 Å². The second-order valence-corrected chi connectivity index (χ2v) is 6.83. The van der Waals surface area contributed by atoms with Gasteiger partial charge in [-0.2, -0.15) is 0 Å². The number of rotatable bonds is 3. The molecule has 0 amide bonds. The van der Waals surface area contributed by atoms with E-state index in [2.05, 4.69) is 66.4 Å². The lowest BCUT2D eigenvalue weighted by molar-refractivity contribution is 0.220. The summed E-state index contributed by atoms with van der Waals surface area (Å²) in [6, 6.07) is 21.0. The molecule has 114 valence electrons. The van der Waals surface area contributed by atoms with E-state index < -0.39 is 0 Å². The maximum absolute atomic E-state index is 2.75. The molecule has 1 saturated heterocycles. The van der Waals surface area contributed by atoms with Gasteiger partial charge in [-0.3, -0.25) is 4.90 Å². The molecule has 1 heteroatoms. The van der Waals surface area contributed by atoms with Crippen molar-refractivity contribution in [3.8, 4) is 0 Å². The highest BCUT2D eigenvalue weighted by Gasteiger charge is 2.41. The van der Waals surface area contributed by atoms with Crippen molar-refractivity contribution in [1.82, 2.24) is 4.90 Å². The Kier molecular flexibility index (Phi) is 3.75. The average Bonchev–Trinajstić information content (AvgIpc) is 2.98. The minimum atomic E-state index is 0.566. The summed E-state index contributed by atoms with van der Waals surface area (Å²) < 4.78 is 0. The van der Waals surface area contributed by atoms with Crippen LogP contribution in [0.15, 0.2) is 54.6 Å². The highest BCUT2D eigenvalue weighted by Crippen LogP contribution is 2.48. The van der Waals surface area contributed by atoms with Gasteiger partial charge in [0.1, 0.15) is 0 Å². The van der Waals surface area contributed by atoms with Crippen LogP contribution in [0.4, 0.5) is 0 Å². The molecule has 2 aromatic rings. The fraction of sp³-hybridized carbons (Fsp3) is 0.429. The van der Waals surface area contributed by atoms with Crippen molar-refractivity contribution in [2.75, 3.05) is 13.1 Å². The highest BCUT2D eigenvalue weighted by molar-refractivity contribution is 5.44. The van der Waals surface area contributed by atoms with Gasteiger partial charge in [0, 0.05) is 17.9 Å². The van der Waals surface area contributed by atoms with Crippen LogP contribution in [0.2, 0.25) is 0 Å².